The maximum Gasteiger partial charge on any atom is 0.271 e. The zero-order valence-electron chi connectivity index (χ0n) is 12.6. The number of aromatic nitrogens is 2. The Kier molecular flexibility index (Phi) is 7.26. The van der Waals surface area contributed by atoms with Crippen molar-refractivity contribution in [2.45, 2.75) is 12.2 Å². The lowest BCUT2D eigenvalue weighted by atomic mass is 10.3. The van der Waals surface area contributed by atoms with Crippen molar-refractivity contribution in [2.75, 3.05) is 36.9 Å². The lowest BCUT2D eigenvalue weighted by Gasteiger charge is -2.16. The molecule has 1 heterocycles. The molecule has 0 aliphatic rings. The first kappa shape index (κ1) is 19.5. The minimum atomic E-state index is -1.14. The number of aliphatic hydroxyl groups excluding tert-OH is 4. The number of carbonyl (C=O) groups is 2. The average molecular weight is 344 g/mol. The van der Waals surface area contributed by atoms with Crippen molar-refractivity contribution < 1.29 is 30.0 Å². The van der Waals surface area contributed by atoms with Crippen molar-refractivity contribution in [2.24, 2.45) is 11.5 Å². The highest BCUT2D eigenvalue weighted by Crippen LogP contribution is 2.18. The van der Waals surface area contributed by atoms with Crippen LogP contribution in [0.4, 0.5) is 11.6 Å². The number of nitrogens with one attached hydrogen (secondary N) is 2. The van der Waals surface area contributed by atoms with E-state index in [0.29, 0.717) is 0 Å². The molecule has 0 saturated carbocycles. The first-order valence-corrected chi connectivity index (χ1v) is 6.87. The molecule has 0 unspecified atom stereocenters. The minimum absolute atomic E-state index is 0.181. The van der Waals surface area contributed by atoms with E-state index in [4.69, 9.17) is 21.7 Å². The molecule has 0 radical (unpaired) electrons. The highest BCUT2D eigenvalue weighted by atomic mass is 16.3. The number of hydrogen-bond donors (Lipinski definition) is 8. The van der Waals surface area contributed by atoms with Crippen LogP contribution in [0.5, 0.6) is 0 Å². The normalized spacial score (nSPS) is 13.2. The summed E-state index contributed by atoms with van der Waals surface area (Å²) >= 11 is 0. The molecule has 0 fully saturated rings. The second-order valence-corrected chi connectivity index (χ2v) is 4.78. The van der Waals surface area contributed by atoms with Crippen molar-refractivity contribution in [1.29, 1.82) is 0 Å². The standard InChI is InChI=1S/C12H20N6O6/c13-9(23)7-11(15-1-5(21)3-19)17-8(10(14)24)12(18-7)16-2-6(22)4-20/h5-6,19-22H,1-4H2,(H2,13,23)(H2,14,24)(H,15,17)(H,16,18)/t5-,6-/m0/s1. The van der Waals surface area contributed by atoms with Crippen LogP contribution in [0.2, 0.25) is 0 Å². The van der Waals surface area contributed by atoms with E-state index >= 15 is 0 Å². The molecule has 0 aliphatic carbocycles. The third kappa shape index (κ3) is 5.27. The first-order valence-electron chi connectivity index (χ1n) is 6.87. The number of anilines is 2. The van der Waals surface area contributed by atoms with E-state index in [0.717, 1.165) is 0 Å². The van der Waals surface area contributed by atoms with E-state index < -0.39 is 37.2 Å². The fourth-order valence-corrected chi connectivity index (χ4v) is 1.58. The van der Waals surface area contributed by atoms with Crippen LogP contribution in [0.15, 0.2) is 0 Å². The van der Waals surface area contributed by atoms with Gasteiger partial charge in [0.15, 0.2) is 23.0 Å². The van der Waals surface area contributed by atoms with E-state index in [9.17, 15) is 19.8 Å². The topological polar surface area (TPSA) is 217 Å². The number of nitrogens with two attached hydrogens (primary N) is 2. The van der Waals surface area contributed by atoms with Gasteiger partial charge in [0.2, 0.25) is 0 Å². The molecule has 0 saturated heterocycles. The van der Waals surface area contributed by atoms with E-state index in [2.05, 4.69) is 20.6 Å². The molecule has 1 aromatic heterocycles. The zero-order valence-corrected chi connectivity index (χ0v) is 12.6. The lowest BCUT2D eigenvalue weighted by molar-refractivity contribution is 0.0979. The van der Waals surface area contributed by atoms with Crippen molar-refractivity contribution in [3.8, 4) is 0 Å². The fourth-order valence-electron chi connectivity index (χ4n) is 1.58. The van der Waals surface area contributed by atoms with Gasteiger partial charge in [0.05, 0.1) is 25.4 Å². The second kappa shape index (κ2) is 8.93. The summed E-state index contributed by atoms with van der Waals surface area (Å²) in [6.45, 7) is -1.43. The molecule has 0 aliphatic heterocycles. The van der Waals surface area contributed by atoms with Crippen molar-refractivity contribution in [3.05, 3.63) is 11.4 Å². The summed E-state index contributed by atoms with van der Waals surface area (Å²) in [5.41, 5.74) is 9.72. The van der Waals surface area contributed by atoms with Gasteiger partial charge in [-0.05, 0) is 0 Å². The number of rotatable bonds is 10. The van der Waals surface area contributed by atoms with Gasteiger partial charge in [-0.15, -0.1) is 0 Å². The SMILES string of the molecule is NC(=O)c1nc(NC[C@H](O)CO)c(C(N)=O)nc1NC[C@H](O)CO. The van der Waals surface area contributed by atoms with Gasteiger partial charge < -0.3 is 42.5 Å². The number of amides is 2. The largest absolute Gasteiger partial charge is 0.394 e. The third-order valence-electron chi connectivity index (χ3n) is 2.79. The minimum Gasteiger partial charge on any atom is -0.394 e. The quantitative estimate of drug-likeness (QED) is 0.207. The summed E-state index contributed by atoms with van der Waals surface area (Å²) in [6, 6.07) is 0. The van der Waals surface area contributed by atoms with E-state index in [1.807, 2.05) is 0 Å². The summed E-state index contributed by atoms with van der Waals surface area (Å²) in [5, 5.41) is 41.3. The predicted octanol–water partition coefficient (Wildman–Crippen LogP) is -3.80. The Labute approximate surface area is 136 Å². The summed E-state index contributed by atoms with van der Waals surface area (Å²) < 4.78 is 0. The Hall–Kier alpha value is -2.54. The highest BCUT2D eigenvalue weighted by molar-refractivity contribution is 6.00. The molecule has 24 heavy (non-hydrogen) atoms. The van der Waals surface area contributed by atoms with Gasteiger partial charge in [-0.3, -0.25) is 9.59 Å². The molecule has 1 aromatic rings. The van der Waals surface area contributed by atoms with Crippen LogP contribution in [0.3, 0.4) is 0 Å². The Balaban J connectivity index is 3.18. The number of primary amides is 2. The summed E-state index contributed by atoms with van der Waals surface area (Å²) in [7, 11) is 0. The van der Waals surface area contributed by atoms with E-state index in [1.165, 1.54) is 0 Å². The molecular weight excluding hydrogens is 324 g/mol. The van der Waals surface area contributed by atoms with Gasteiger partial charge in [0.1, 0.15) is 0 Å². The Morgan fingerprint density at radius 2 is 1.21 bits per heavy atom. The van der Waals surface area contributed by atoms with Crippen LogP contribution in [-0.4, -0.2) is 80.7 Å². The number of aliphatic hydroxyl groups is 4. The van der Waals surface area contributed by atoms with Gasteiger partial charge in [0.25, 0.3) is 11.8 Å². The Morgan fingerprint density at radius 1 is 0.875 bits per heavy atom. The maximum atomic E-state index is 11.5. The van der Waals surface area contributed by atoms with Crippen LogP contribution in [0.1, 0.15) is 21.0 Å². The average Bonchev–Trinajstić information content (AvgIpc) is 2.56. The molecule has 0 spiro atoms. The van der Waals surface area contributed by atoms with Gasteiger partial charge in [-0.25, -0.2) is 9.97 Å². The molecule has 10 N–H and O–H groups in total. The number of hydrogen-bond acceptors (Lipinski definition) is 10. The first-order chi connectivity index (χ1) is 11.3. The summed E-state index contributed by atoms with van der Waals surface area (Å²) in [4.78, 5) is 30.7. The van der Waals surface area contributed by atoms with Gasteiger partial charge in [-0.2, -0.15) is 0 Å². The van der Waals surface area contributed by atoms with Crippen molar-refractivity contribution in [3.63, 3.8) is 0 Å². The Morgan fingerprint density at radius 3 is 1.46 bits per heavy atom. The molecule has 12 nitrogen and oxygen atoms in total. The van der Waals surface area contributed by atoms with Crippen LogP contribution in [0.25, 0.3) is 0 Å². The molecule has 0 aromatic carbocycles. The van der Waals surface area contributed by atoms with Crippen molar-refractivity contribution >= 4 is 23.5 Å². The maximum absolute atomic E-state index is 11.5. The van der Waals surface area contributed by atoms with Crippen LogP contribution >= 0.6 is 0 Å². The summed E-state index contributed by atoms with van der Waals surface area (Å²) in [6.07, 6.45) is -2.27. The molecule has 0 bridgehead atoms. The molecule has 2 atom stereocenters. The molecule has 134 valence electrons. The second-order valence-electron chi connectivity index (χ2n) is 4.78. The lowest BCUT2D eigenvalue weighted by Crippen LogP contribution is -2.29. The zero-order chi connectivity index (χ0) is 18.3. The summed E-state index contributed by atoms with van der Waals surface area (Å²) in [5.74, 6) is -2.33. The third-order valence-corrected chi connectivity index (χ3v) is 2.79. The monoisotopic (exact) mass is 344 g/mol. The van der Waals surface area contributed by atoms with Crippen LogP contribution < -0.4 is 22.1 Å². The molecule has 12 heteroatoms. The van der Waals surface area contributed by atoms with E-state index in [1.54, 1.807) is 0 Å². The Bertz CT molecular complexity index is 546. The number of carbonyl (C=O) groups excluding carboxylic acids is 2. The molecular formula is C12H20N6O6. The van der Waals surface area contributed by atoms with Crippen LogP contribution in [0, 0.1) is 0 Å². The number of nitrogens with zero attached hydrogens (tertiary/aromatic N) is 2. The fraction of sp³-hybridized carbons (Fsp3) is 0.500. The predicted molar refractivity (Wildman–Crippen MR) is 82.2 cm³/mol. The molecule has 1 rings (SSSR count). The van der Waals surface area contributed by atoms with Gasteiger partial charge >= 0.3 is 0 Å². The van der Waals surface area contributed by atoms with Crippen LogP contribution in [-0.2, 0) is 0 Å². The smallest absolute Gasteiger partial charge is 0.271 e. The van der Waals surface area contributed by atoms with Gasteiger partial charge in [0, 0.05) is 13.1 Å². The molecule has 2 amide bonds. The highest BCUT2D eigenvalue weighted by Gasteiger charge is 2.21. The van der Waals surface area contributed by atoms with Gasteiger partial charge in [-0.1, -0.05) is 0 Å². The van der Waals surface area contributed by atoms with Crippen molar-refractivity contribution in [1.82, 2.24) is 9.97 Å². The van der Waals surface area contributed by atoms with E-state index in [-0.39, 0.29) is 36.1 Å².